The summed E-state index contributed by atoms with van der Waals surface area (Å²) in [5, 5.41) is 0. The lowest BCUT2D eigenvalue weighted by atomic mass is 9.76. The van der Waals surface area contributed by atoms with E-state index in [2.05, 4.69) is 36.6 Å². The summed E-state index contributed by atoms with van der Waals surface area (Å²) >= 11 is 0. The van der Waals surface area contributed by atoms with Gasteiger partial charge in [0.15, 0.2) is 5.78 Å². The Kier molecular flexibility index (Phi) is 3.05. The van der Waals surface area contributed by atoms with Gasteiger partial charge < -0.3 is 9.47 Å². The molecule has 0 aliphatic heterocycles. The first kappa shape index (κ1) is 12.9. The number of hydrogen-bond acceptors (Lipinski definition) is 2. The number of ketones is 1. The number of aromatic nitrogens is 1. The SMILES string of the molecule is CN(CCn1ccc2c1CC(C)(C)CC2=O)C1CC1. The summed E-state index contributed by atoms with van der Waals surface area (Å²) < 4.78 is 2.30. The maximum atomic E-state index is 12.1. The summed E-state index contributed by atoms with van der Waals surface area (Å²) in [4.78, 5) is 14.6. The van der Waals surface area contributed by atoms with Crippen LogP contribution in [0.1, 0.15) is 49.2 Å². The van der Waals surface area contributed by atoms with Crippen molar-refractivity contribution in [1.29, 1.82) is 0 Å². The number of carbonyl (C=O) groups is 1. The van der Waals surface area contributed by atoms with Crippen molar-refractivity contribution in [2.45, 2.75) is 52.1 Å². The molecule has 1 aromatic rings. The fraction of sp³-hybridized carbons (Fsp3) is 0.688. The highest BCUT2D eigenvalue weighted by molar-refractivity contribution is 5.98. The predicted molar refractivity (Wildman–Crippen MR) is 76.5 cm³/mol. The molecule has 1 saturated carbocycles. The minimum atomic E-state index is 0.114. The van der Waals surface area contributed by atoms with Gasteiger partial charge in [-0.3, -0.25) is 4.79 Å². The first-order chi connectivity index (χ1) is 8.96. The number of fused-ring (bicyclic) bond motifs is 1. The van der Waals surface area contributed by atoms with Gasteiger partial charge in [-0.25, -0.2) is 0 Å². The van der Waals surface area contributed by atoms with E-state index in [1.165, 1.54) is 18.5 Å². The number of Topliss-reactive ketones (excluding diaryl/α,β-unsaturated/α-hetero) is 1. The summed E-state index contributed by atoms with van der Waals surface area (Å²) in [6.07, 6.45) is 6.52. The average molecular weight is 260 g/mol. The summed E-state index contributed by atoms with van der Waals surface area (Å²) in [5.41, 5.74) is 2.33. The molecule has 3 nitrogen and oxygen atoms in total. The lowest BCUT2D eigenvalue weighted by Gasteiger charge is -2.30. The maximum Gasteiger partial charge on any atom is 0.165 e. The number of likely N-dealkylation sites (N-methyl/N-ethyl adjacent to an activating group) is 1. The molecule has 3 heteroatoms. The molecule has 1 aromatic heterocycles. The Balaban J connectivity index is 1.74. The van der Waals surface area contributed by atoms with Crippen molar-refractivity contribution in [3.63, 3.8) is 0 Å². The Bertz CT molecular complexity index is 497. The first-order valence-electron chi connectivity index (χ1n) is 7.38. The van der Waals surface area contributed by atoms with E-state index in [-0.39, 0.29) is 5.41 Å². The largest absolute Gasteiger partial charge is 0.349 e. The van der Waals surface area contributed by atoms with Crippen molar-refractivity contribution in [3.05, 3.63) is 23.5 Å². The number of hydrogen-bond donors (Lipinski definition) is 0. The Morgan fingerprint density at radius 1 is 1.37 bits per heavy atom. The predicted octanol–water partition coefficient (Wildman–Crippen LogP) is 2.74. The molecule has 0 radical (unpaired) electrons. The van der Waals surface area contributed by atoms with Gasteiger partial charge in [0.1, 0.15) is 0 Å². The third-order valence-corrected chi connectivity index (χ3v) is 4.53. The fourth-order valence-corrected chi connectivity index (χ4v) is 3.17. The Hall–Kier alpha value is -1.09. The normalized spacial score (nSPS) is 21.8. The van der Waals surface area contributed by atoms with Crippen LogP contribution in [0.4, 0.5) is 0 Å². The van der Waals surface area contributed by atoms with Crippen LogP contribution in [0.3, 0.4) is 0 Å². The minimum Gasteiger partial charge on any atom is -0.349 e. The van der Waals surface area contributed by atoms with Crippen LogP contribution < -0.4 is 0 Å². The Labute approximate surface area is 115 Å². The smallest absolute Gasteiger partial charge is 0.165 e. The van der Waals surface area contributed by atoms with Crippen molar-refractivity contribution < 1.29 is 4.79 Å². The molecule has 0 bridgehead atoms. The standard InChI is InChI=1S/C16H24N2O/c1-16(2)10-14-13(15(19)11-16)6-7-18(14)9-8-17(3)12-4-5-12/h6-7,12H,4-5,8-11H2,1-3H3. The second-order valence-corrected chi connectivity index (χ2v) is 7.02. The maximum absolute atomic E-state index is 12.1. The Morgan fingerprint density at radius 2 is 2.11 bits per heavy atom. The topological polar surface area (TPSA) is 25.2 Å². The second-order valence-electron chi connectivity index (χ2n) is 7.02. The van der Waals surface area contributed by atoms with E-state index in [9.17, 15) is 4.79 Å². The third-order valence-electron chi connectivity index (χ3n) is 4.53. The van der Waals surface area contributed by atoms with Crippen LogP contribution in [0.15, 0.2) is 12.3 Å². The molecule has 0 unspecified atom stereocenters. The zero-order valence-corrected chi connectivity index (χ0v) is 12.3. The van der Waals surface area contributed by atoms with Gasteiger partial charge in [-0.1, -0.05) is 13.8 Å². The summed E-state index contributed by atoms with van der Waals surface area (Å²) in [7, 11) is 2.21. The zero-order valence-electron chi connectivity index (χ0n) is 12.3. The molecule has 104 valence electrons. The Morgan fingerprint density at radius 3 is 2.79 bits per heavy atom. The van der Waals surface area contributed by atoms with Crippen LogP contribution >= 0.6 is 0 Å². The summed E-state index contributed by atoms with van der Waals surface area (Å²) in [5.74, 6) is 0.320. The van der Waals surface area contributed by atoms with Crippen LogP contribution in [0, 0.1) is 5.41 Å². The molecular weight excluding hydrogens is 236 g/mol. The van der Waals surface area contributed by atoms with Gasteiger partial charge in [-0.05, 0) is 37.8 Å². The van der Waals surface area contributed by atoms with E-state index >= 15 is 0 Å². The molecule has 2 aliphatic carbocycles. The molecule has 0 amide bonds. The van der Waals surface area contributed by atoms with Gasteiger partial charge in [0.2, 0.25) is 0 Å². The van der Waals surface area contributed by atoms with Gasteiger partial charge in [0, 0.05) is 43.0 Å². The lowest BCUT2D eigenvalue weighted by Crippen LogP contribution is -2.30. The molecule has 0 N–H and O–H groups in total. The zero-order chi connectivity index (χ0) is 13.6. The van der Waals surface area contributed by atoms with E-state index in [4.69, 9.17) is 0 Å². The van der Waals surface area contributed by atoms with Crippen molar-refractivity contribution in [1.82, 2.24) is 9.47 Å². The summed E-state index contributed by atoms with van der Waals surface area (Å²) in [6, 6.07) is 2.83. The number of carbonyl (C=O) groups excluding carboxylic acids is 1. The lowest BCUT2D eigenvalue weighted by molar-refractivity contribution is 0.0909. The quantitative estimate of drug-likeness (QED) is 0.831. The highest BCUT2D eigenvalue weighted by Crippen LogP contribution is 2.35. The molecule has 0 spiro atoms. The molecule has 0 aromatic carbocycles. The van der Waals surface area contributed by atoms with E-state index < -0.39 is 0 Å². The summed E-state index contributed by atoms with van der Waals surface area (Å²) in [6.45, 7) is 6.48. The third kappa shape index (κ3) is 2.62. The van der Waals surface area contributed by atoms with Crippen molar-refractivity contribution in [2.75, 3.05) is 13.6 Å². The van der Waals surface area contributed by atoms with Gasteiger partial charge in [0.05, 0.1) is 0 Å². The van der Waals surface area contributed by atoms with Crippen LogP contribution in [-0.4, -0.2) is 34.9 Å². The van der Waals surface area contributed by atoms with Crippen molar-refractivity contribution in [3.8, 4) is 0 Å². The van der Waals surface area contributed by atoms with E-state index in [1.807, 2.05) is 6.07 Å². The van der Waals surface area contributed by atoms with E-state index in [0.717, 1.165) is 31.1 Å². The minimum absolute atomic E-state index is 0.114. The second kappa shape index (κ2) is 4.48. The molecule has 1 fully saturated rings. The van der Waals surface area contributed by atoms with E-state index in [1.54, 1.807) is 0 Å². The first-order valence-corrected chi connectivity index (χ1v) is 7.38. The van der Waals surface area contributed by atoms with Crippen molar-refractivity contribution >= 4 is 5.78 Å². The molecule has 3 rings (SSSR count). The van der Waals surface area contributed by atoms with Gasteiger partial charge in [-0.2, -0.15) is 0 Å². The molecule has 0 saturated heterocycles. The van der Waals surface area contributed by atoms with Crippen molar-refractivity contribution in [2.24, 2.45) is 5.41 Å². The van der Waals surface area contributed by atoms with Crippen LogP contribution in [-0.2, 0) is 13.0 Å². The highest BCUT2D eigenvalue weighted by atomic mass is 16.1. The van der Waals surface area contributed by atoms with Crippen LogP contribution in [0.25, 0.3) is 0 Å². The highest BCUT2D eigenvalue weighted by Gasteiger charge is 2.33. The molecule has 19 heavy (non-hydrogen) atoms. The molecule has 0 atom stereocenters. The molecular formula is C16H24N2O. The van der Waals surface area contributed by atoms with Gasteiger partial charge >= 0.3 is 0 Å². The molecule has 2 aliphatic rings. The average Bonchev–Trinajstić information content (AvgIpc) is 3.08. The number of rotatable bonds is 4. The van der Waals surface area contributed by atoms with E-state index in [0.29, 0.717) is 12.2 Å². The fourth-order valence-electron chi connectivity index (χ4n) is 3.17. The van der Waals surface area contributed by atoms with Crippen LogP contribution in [0.2, 0.25) is 0 Å². The van der Waals surface area contributed by atoms with Gasteiger partial charge in [0.25, 0.3) is 0 Å². The molecule has 1 heterocycles. The van der Waals surface area contributed by atoms with Gasteiger partial charge in [-0.15, -0.1) is 0 Å². The van der Waals surface area contributed by atoms with Crippen LogP contribution in [0.5, 0.6) is 0 Å². The monoisotopic (exact) mass is 260 g/mol. The number of nitrogens with zero attached hydrogens (tertiary/aromatic N) is 2.